The van der Waals surface area contributed by atoms with Crippen LogP contribution in [0.4, 0.5) is 5.82 Å². The van der Waals surface area contributed by atoms with Gasteiger partial charge < -0.3 is 10.7 Å². The number of H-pyrrole nitrogens is 1. The topological polar surface area (TPSA) is 58.9 Å². The van der Waals surface area contributed by atoms with Gasteiger partial charge >= 0.3 is 0 Å². The van der Waals surface area contributed by atoms with Crippen LogP contribution in [0.25, 0.3) is 0 Å². The zero-order valence-electron chi connectivity index (χ0n) is 7.64. The predicted octanol–water partition coefficient (Wildman–Crippen LogP) is 1.25. The fourth-order valence-electron chi connectivity index (χ4n) is 1.08. The molecule has 0 bridgehead atoms. The molecule has 1 aromatic heterocycles. The maximum atomic E-state index is 11.4. The number of aromatic nitrogens is 1. The summed E-state index contributed by atoms with van der Waals surface area (Å²) in [6.45, 7) is 5.98. The minimum absolute atomic E-state index is 0.0949. The maximum absolute atomic E-state index is 11.4. The maximum Gasteiger partial charge on any atom is 0.253 e. The van der Waals surface area contributed by atoms with Crippen molar-refractivity contribution in [2.75, 3.05) is 5.73 Å². The summed E-state index contributed by atoms with van der Waals surface area (Å²) in [6.07, 6.45) is 0. The predicted molar refractivity (Wildman–Crippen MR) is 50.2 cm³/mol. The monoisotopic (exact) mass is 166 g/mol. The van der Waals surface area contributed by atoms with Gasteiger partial charge in [0.2, 0.25) is 0 Å². The van der Waals surface area contributed by atoms with Gasteiger partial charge in [0, 0.05) is 5.56 Å². The highest BCUT2D eigenvalue weighted by molar-refractivity contribution is 5.31. The average Bonchev–Trinajstić information content (AvgIpc) is 1.83. The fraction of sp³-hybridized carbons (Fsp3) is 0.444. The first kappa shape index (κ1) is 8.84. The van der Waals surface area contributed by atoms with Gasteiger partial charge in [-0.2, -0.15) is 0 Å². The molecule has 12 heavy (non-hydrogen) atoms. The Hall–Kier alpha value is -1.25. The highest BCUT2D eigenvalue weighted by Crippen LogP contribution is 2.17. The van der Waals surface area contributed by atoms with Crippen LogP contribution < -0.4 is 11.3 Å². The molecular weight excluding hydrogens is 152 g/mol. The number of anilines is 1. The van der Waals surface area contributed by atoms with Crippen LogP contribution in [0.15, 0.2) is 16.9 Å². The summed E-state index contributed by atoms with van der Waals surface area (Å²) in [5.41, 5.74) is 5.96. The number of rotatable bonds is 0. The summed E-state index contributed by atoms with van der Waals surface area (Å²) in [7, 11) is 0. The minimum atomic E-state index is -0.124. The number of aromatic amines is 1. The lowest BCUT2D eigenvalue weighted by Crippen LogP contribution is -2.24. The van der Waals surface area contributed by atoms with Crippen molar-refractivity contribution in [1.82, 2.24) is 4.98 Å². The average molecular weight is 166 g/mol. The van der Waals surface area contributed by atoms with Crippen molar-refractivity contribution in [3.8, 4) is 0 Å². The molecule has 0 atom stereocenters. The molecule has 0 radical (unpaired) electrons. The molecule has 0 amide bonds. The van der Waals surface area contributed by atoms with E-state index in [9.17, 15) is 4.79 Å². The van der Waals surface area contributed by atoms with E-state index >= 15 is 0 Å². The Morgan fingerprint density at radius 3 is 2.33 bits per heavy atom. The lowest BCUT2D eigenvalue weighted by Gasteiger charge is -2.17. The lowest BCUT2D eigenvalue weighted by atomic mass is 9.88. The van der Waals surface area contributed by atoms with Crippen molar-refractivity contribution < 1.29 is 0 Å². The second-order valence-electron chi connectivity index (χ2n) is 3.91. The summed E-state index contributed by atoms with van der Waals surface area (Å²) in [6, 6.07) is 3.48. The molecule has 0 aromatic carbocycles. The van der Waals surface area contributed by atoms with Crippen molar-refractivity contribution >= 4 is 5.82 Å². The molecule has 66 valence electrons. The number of hydrogen-bond donors (Lipinski definition) is 2. The highest BCUT2D eigenvalue weighted by atomic mass is 16.1. The third-order valence-corrected chi connectivity index (χ3v) is 1.74. The van der Waals surface area contributed by atoms with Crippen LogP contribution >= 0.6 is 0 Å². The molecule has 3 N–H and O–H groups in total. The van der Waals surface area contributed by atoms with Gasteiger partial charge in [0.05, 0.1) is 0 Å². The van der Waals surface area contributed by atoms with Crippen LogP contribution in [0.2, 0.25) is 0 Å². The molecule has 3 heteroatoms. The zero-order chi connectivity index (χ0) is 9.35. The Labute approximate surface area is 71.6 Å². The molecule has 1 rings (SSSR count). The van der Waals surface area contributed by atoms with Gasteiger partial charge in [0.25, 0.3) is 5.56 Å². The summed E-state index contributed by atoms with van der Waals surface area (Å²) in [5, 5.41) is 0. The standard InChI is InChI=1S/C9H14N2O/c1-9(2,3)6-4-5-7(10)11-8(6)12/h4-5H,1-3H3,(H3,10,11,12). The number of nitrogen functional groups attached to an aromatic ring is 1. The van der Waals surface area contributed by atoms with Gasteiger partial charge in [-0.05, 0) is 17.5 Å². The second-order valence-corrected chi connectivity index (χ2v) is 3.91. The van der Waals surface area contributed by atoms with E-state index in [4.69, 9.17) is 5.73 Å². The van der Waals surface area contributed by atoms with Gasteiger partial charge in [-0.15, -0.1) is 0 Å². The molecule has 0 unspecified atom stereocenters. The van der Waals surface area contributed by atoms with Gasteiger partial charge in [-0.1, -0.05) is 20.8 Å². The van der Waals surface area contributed by atoms with Crippen LogP contribution in [-0.4, -0.2) is 4.98 Å². The third-order valence-electron chi connectivity index (χ3n) is 1.74. The Balaban J connectivity index is 3.29. The van der Waals surface area contributed by atoms with Gasteiger partial charge in [0.1, 0.15) is 5.82 Å². The third kappa shape index (κ3) is 1.67. The van der Waals surface area contributed by atoms with Gasteiger partial charge in [-0.3, -0.25) is 4.79 Å². The smallest absolute Gasteiger partial charge is 0.253 e. The first-order valence-corrected chi connectivity index (χ1v) is 3.90. The van der Waals surface area contributed by atoms with E-state index in [2.05, 4.69) is 4.98 Å². The first-order chi connectivity index (χ1) is 5.41. The Bertz CT molecular complexity index is 333. The molecule has 1 aromatic rings. The second kappa shape index (κ2) is 2.66. The van der Waals surface area contributed by atoms with Crippen LogP contribution in [-0.2, 0) is 5.41 Å². The van der Waals surface area contributed by atoms with Crippen LogP contribution in [0, 0.1) is 0 Å². The van der Waals surface area contributed by atoms with E-state index in [0.717, 1.165) is 5.56 Å². The first-order valence-electron chi connectivity index (χ1n) is 3.90. The van der Waals surface area contributed by atoms with Crippen LogP contribution in [0.3, 0.4) is 0 Å². The number of hydrogen-bond acceptors (Lipinski definition) is 2. The number of pyridine rings is 1. The highest BCUT2D eigenvalue weighted by Gasteiger charge is 2.16. The molecule has 0 spiro atoms. The Kier molecular flexibility index (Phi) is 1.96. The van der Waals surface area contributed by atoms with Gasteiger partial charge in [-0.25, -0.2) is 0 Å². The molecule has 1 heterocycles. The van der Waals surface area contributed by atoms with E-state index in [-0.39, 0.29) is 11.0 Å². The summed E-state index contributed by atoms with van der Waals surface area (Å²) >= 11 is 0. The van der Waals surface area contributed by atoms with Crippen molar-refractivity contribution in [3.05, 3.63) is 28.0 Å². The minimum Gasteiger partial charge on any atom is -0.385 e. The normalized spacial score (nSPS) is 11.6. The largest absolute Gasteiger partial charge is 0.385 e. The van der Waals surface area contributed by atoms with Crippen LogP contribution in [0.5, 0.6) is 0 Å². The molecule has 0 fully saturated rings. The zero-order valence-corrected chi connectivity index (χ0v) is 7.64. The molecule has 0 saturated carbocycles. The summed E-state index contributed by atoms with van der Waals surface area (Å²) in [5.74, 6) is 0.410. The molecule has 0 aliphatic carbocycles. The summed E-state index contributed by atoms with van der Waals surface area (Å²) in [4.78, 5) is 13.9. The molecule has 0 saturated heterocycles. The van der Waals surface area contributed by atoms with Crippen molar-refractivity contribution in [3.63, 3.8) is 0 Å². The van der Waals surface area contributed by atoms with E-state index in [1.807, 2.05) is 20.8 Å². The number of nitrogens with one attached hydrogen (secondary N) is 1. The van der Waals surface area contributed by atoms with E-state index in [1.165, 1.54) is 0 Å². The molecule has 3 nitrogen and oxygen atoms in total. The van der Waals surface area contributed by atoms with E-state index in [1.54, 1.807) is 12.1 Å². The van der Waals surface area contributed by atoms with Crippen molar-refractivity contribution in [2.24, 2.45) is 0 Å². The summed E-state index contributed by atoms with van der Waals surface area (Å²) < 4.78 is 0. The number of nitrogens with two attached hydrogens (primary N) is 1. The van der Waals surface area contributed by atoms with Crippen molar-refractivity contribution in [1.29, 1.82) is 0 Å². The molecule has 0 aliphatic heterocycles. The van der Waals surface area contributed by atoms with E-state index in [0.29, 0.717) is 5.82 Å². The van der Waals surface area contributed by atoms with Gasteiger partial charge in [0.15, 0.2) is 0 Å². The molecular formula is C9H14N2O. The molecule has 0 aliphatic rings. The Morgan fingerprint density at radius 2 is 1.92 bits per heavy atom. The Morgan fingerprint density at radius 1 is 1.33 bits per heavy atom. The van der Waals surface area contributed by atoms with E-state index < -0.39 is 0 Å². The quantitative estimate of drug-likeness (QED) is 0.609. The lowest BCUT2D eigenvalue weighted by molar-refractivity contribution is 0.582. The SMILES string of the molecule is CC(C)(C)c1ccc(N)[nH]c1=O. The van der Waals surface area contributed by atoms with Crippen LogP contribution in [0.1, 0.15) is 26.3 Å². The fourth-order valence-corrected chi connectivity index (χ4v) is 1.08. The van der Waals surface area contributed by atoms with Crippen molar-refractivity contribution in [2.45, 2.75) is 26.2 Å².